The molecule has 0 bridgehead atoms. The van der Waals surface area contributed by atoms with Gasteiger partial charge in [0.2, 0.25) is 0 Å². The van der Waals surface area contributed by atoms with Crippen LogP contribution in [0, 0.1) is 25.6 Å². The predicted molar refractivity (Wildman–Crippen MR) is 166 cm³/mol. The Morgan fingerprint density at radius 2 is 1.73 bits per heavy atom. The highest BCUT2D eigenvalue weighted by atomic mass is 19.1. The number of rotatable bonds is 11. The Morgan fingerprint density at radius 3 is 2.38 bits per heavy atom. The number of allylic oxidation sites excluding steroid dienone is 2. The van der Waals surface area contributed by atoms with Crippen molar-refractivity contribution in [1.82, 2.24) is 4.90 Å². The van der Waals surface area contributed by atoms with E-state index in [1.807, 2.05) is 25.1 Å². The van der Waals surface area contributed by atoms with Gasteiger partial charge in [-0.1, -0.05) is 73.3 Å². The number of hydrogen-bond acceptors (Lipinski definition) is 2. The summed E-state index contributed by atoms with van der Waals surface area (Å²) >= 11 is 0. The Balaban J connectivity index is 1.41. The molecule has 1 saturated heterocycles. The lowest BCUT2D eigenvalue weighted by Crippen LogP contribution is -2.37. The highest BCUT2D eigenvalue weighted by molar-refractivity contribution is 5.81. The summed E-state index contributed by atoms with van der Waals surface area (Å²) < 4.78 is 26.9. The Bertz CT molecular complexity index is 1360. The van der Waals surface area contributed by atoms with Gasteiger partial charge >= 0.3 is 0 Å². The van der Waals surface area contributed by atoms with Gasteiger partial charge in [-0.3, -0.25) is 9.29 Å². The lowest BCUT2D eigenvalue weighted by Gasteiger charge is -2.38. The second kappa shape index (κ2) is 13.7. The molecule has 0 aliphatic carbocycles. The van der Waals surface area contributed by atoms with Gasteiger partial charge in [0.05, 0.1) is 6.67 Å². The standard InChI is InChI=1S/C36H42F2N2/c1-6-34(32-11-9-12-33(38)23-32)35-15-14-30(22-28(35)4)25-39-20-17-31(18-21-39)29(5)40(24-26(2)16-19-37)36-13-8-7-10-27(36)3/h6-15,22-23,31H,2,5,16-21,24-25H2,1,3-4H3/b34-6-. The van der Waals surface area contributed by atoms with Crippen molar-refractivity contribution < 1.29 is 8.78 Å². The number of aryl methyl sites for hydroxylation is 2. The molecule has 0 saturated carbocycles. The first kappa shape index (κ1) is 29.5. The van der Waals surface area contributed by atoms with Crippen molar-refractivity contribution in [2.75, 3.05) is 31.2 Å². The van der Waals surface area contributed by atoms with E-state index in [1.165, 1.54) is 22.8 Å². The molecular weight excluding hydrogens is 498 g/mol. The second-order valence-corrected chi connectivity index (χ2v) is 11.0. The fraction of sp³-hybridized carbons (Fsp3) is 0.333. The molecule has 3 aromatic carbocycles. The summed E-state index contributed by atoms with van der Waals surface area (Å²) in [6, 6.07) is 21.8. The molecule has 0 spiro atoms. The zero-order chi connectivity index (χ0) is 28.6. The number of para-hydroxylation sites is 1. The number of benzene rings is 3. The van der Waals surface area contributed by atoms with Gasteiger partial charge in [0.25, 0.3) is 0 Å². The van der Waals surface area contributed by atoms with E-state index in [0.29, 0.717) is 18.9 Å². The quantitative estimate of drug-likeness (QED) is 0.224. The van der Waals surface area contributed by atoms with Crippen molar-refractivity contribution in [2.45, 2.75) is 46.6 Å². The van der Waals surface area contributed by atoms with Crippen LogP contribution >= 0.6 is 0 Å². The van der Waals surface area contributed by atoms with E-state index in [0.717, 1.165) is 66.1 Å². The van der Waals surface area contributed by atoms with Crippen molar-refractivity contribution in [2.24, 2.45) is 5.92 Å². The topological polar surface area (TPSA) is 6.48 Å². The summed E-state index contributed by atoms with van der Waals surface area (Å²) in [7, 11) is 0. The van der Waals surface area contributed by atoms with Crippen LogP contribution in [-0.2, 0) is 6.54 Å². The molecule has 0 amide bonds. The smallest absolute Gasteiger partial charge is 0.123 e. The average Bonchev–Trinajstić information content (AvgIpc) is 2.94. The number of alkyl halides is 1. The van der Waals surface area contributed by atoms with E-state index in [1.54, 1.807) is 12.1 Å². The van der Waals surface area contributed by atoms with Crippen molar-refractivity contribution >= 4 is 11.3 Å². The molecule has 210 valence electrons. The molecule has 4 rings (SSSR count). The van der Waals surface area contributed by atoms with Gasteiger partial charge in [0.15, 0.2) is 0 Å². The molecule has 0 atom stereocenters. The van der Waals surface area contributed by atoms with E-state index in [-0.39, 0.29) is 12.5 Å². The number of halogens is 2. The maximum atomic E-state index is 13.9. The van der Waals surface area contributed by atoms with E-state index in [2.05, 4.69) is 73.2 Å². The molecule has 1 aliphatic rings. The normalized spacial score (nSPS) is 14.8. The summed E-state index contributed by atoms with van der Waals surface area (Å²) in [5, 5.41) is 0. The maximum Gasteiger partial charge on any atom is 0.123 e. The second-order valence-electron chi connectivity index (χ2n) is 11.0. The van der Waals surface area contributed by atoms with Gasteiger partial charge in [-0.05, 0) is 105 Å². The fourth-order valence-corrected chi connectivity index (χ4v) is 5.81. The summed E-state index contributed by atoms with van der Waals surface area (Å²) in [5.41, 5.74) is 9.88. The van der Waals surface area contributed by atoms with Crippen LogP contribution in [0.5, 0.6) is 0 Å². The summed E-state index contributed by atoms with van der Waals surface area (Å²) in [6.45, 7) is 18.0. The first-order valence-corrected chi connectivity index (χ1v) is 14.3. The van der Waals surface area contributed by atoms with E-state index < -0.39 is 0 Å². The van der Waals surface area contributed by atoms with Crippen LogP contribution in [0.4, 0.5) is 14.5 Å². The summed E-state index contributed by atoms with van der Waals surface area (Å²) in [4.78, 5) is 4.77. The van der Waals surface area contributed by atoms with Crippen molar-refractivity contribution in [3.8, 4) is 0 Å². The monoisotopic (exact) mass is 540 g/mol. The van der Waals surface area contributed by atoms with Gasteiger partial charge in [-0.2, -0.15) is 0 Å². The lowest BCUT2D eigenvalue weighted by atomic mass is 9.91. The number of nitrogens with zero attached hydrogens (tertiary/aromatic N) is 2. The van der Waals surface area contributed by atoms with Crippen LogP contribution < -0.4 is 4.90 Å². The predicted octanol–water partition coefficient (Wildman–Crippen LogP) is 9.04. The molecule has 2 nitrogen and oxygen atoms in total. The van der Waals surface area contributed by atoms with Crippen LogP contribution in [0.1, 0.15) is 54.0 Å². The molecule has 1 fully saturated rings. The molecule has 0 N–H and O–H groups in total. The fourth-order valence-electron chi connectivity index (χ4n) is 5.81. The molecule has 40 heavy (non-hydrogen) atoms. The number of anilines is 1. The molecule has 0 unspecified atom stereocenters. The van der Waals surface area contributed by atoms with Gasteiger partial charge in [0.1, 0.15) is 5.82 Å². The van der Waals surface area contributed by atoms with E-state index in [9.17, 15) is 8.78 Å². The number of piperidine rings is 1. The number of likely N-dealkylation sites (tertiary alicyclic amines) is 1. The zero-order valence-corrected chi connectivity index (χ0v) is 24.2. The molecule has 0 aromatic heterocycles. The van der Waals surface area contributed by atoms with Crippen LogP contribution in [-0.4, -0.2) is 31.2 Å². The third-order valence-electron chi connectivity index (χ3n) is 8.05. The Kier molecular flexibility index (Phi) is 10.1. The molecular formula is C36H42F2N2. The van der Waals surface area contributed by atoms with Crippen molar-refractivity contribution in [3.63, 3.8) is 0 Å². The molecule has 4 heteroatoms. The van der Waals surface area contributed by atoms with Crippen LogP contribution in [0.3, 0.4) is 0 Å². The zero-order valence-electron chi connectivity index (χ0n) is 24.2. The highest BCUT2D eigenvalue weighted by Gasteiger charge is 2.26. The van der Waals surface area contributed by atoms with E-state index >= 15 is 0 Å². The first-order valence-electron chi connectivity index (χ1n) is 14.3. The van der Waals surface area contributed by atoms with Crippen LogP contribution in [0.2, 0.25) is 0 Å². The Labute approximate surface area is 239 Å². The van der Waals surface area contributed by atoms with Gasteiger partial charge in [0, 0.05) is 30.4 Å². The van der Waals surface area contributed by atoms with Crippen LogP contribution in [0.25, 0.3) is 5.57 Å². The molecule has 3 aromatic rings. The molecule has 1 heterocycles. The highest BCUT2D eigenvalue weighted by Crippen LogP contribution is 2.33. The minimum Gasteiger partial charge on any atom is -0.341 e. The largest absolute Gasteiger partial charge is 0.341 e. The minimum atomic E-state index is -0.382. The molecule has 1 aliphatic heterocycles. The van der Waals surface area contributed by atoms with Gasteiger partial charge in [-0.25, -0.2) is 4.39 Å². The summed E-state index contributed by atoms with van der Waals surface area (Å²) in [6.07, 6.45) is 4.51. The van der Waals surface area contributed by atoms with Gasteiger partial charge < -0.3 is 4.90 Å². The van der Waals surface area contributed by atoms with Crippen molar-refractivity contribution in [3.05, 3.63) is 131 Å². The lowest BCUT2D eigenvalue weighted by molar-refractivity contribution is 0.190. The van der Waals surface area contributed by atoms with Gasteiger partial charge in [-0.15, -0.1) is 0 Å². The first-order chi connectivity index (χ1) is 19.3. The third kappa shape index (κ3) is 7.17. The minimum absolute atomic E-state index is 0.219. The van der Waals surface area contributed by atoms with Crippen LogP contribution in [0.15, 0.2) is 97.2 Å². The Morgan fingerprint density at radius 1 is 0.975 bits per heavy atom. The molecule has 0 radical (unpaired) electrons. The maximum absolute atomic E-state index is 13.9. The number of hydrogen-bond donors (Lipinski definition) is 0. The van der Waals surface area contributed by atoms with E-state index in [4.69, 9.17) is 0 Å². The van der Waals surface area contributed by atoms with Crippen molar-refractivity contribution in [1.29, 1.82) is 0 Å². The summed E-state index contributed by atoms with van der Waals surface area (Å²) in [5.74, 6) is 0.158. The Hall–Kier alpha value is -3.50. The third-order valence-corrected chi connectivity index (χ3v) is 8.05. The SMILES string of the molecule is C=C(CCF)CN(C(=C)C1CCN(Cc2ccc(/C(=C\C)c3cccc(F)c3)c(C)c2)CC1)c1ccccc1C. The average molecular weight is 541 g/mol.